The number of hydrogen-bond acceptors (Lipinski definition) is 4. The van der Waals surface area contributed by atoms with E-state index in [0.717, 1.165) is 28.3 Å². The summed E-state index contributed by atoms with van der Waals surface area (Å²) in [5.41, 5.74) is 3.38. The Balaban J connectivity index is 2.27. The Morgan fingerprint density at radius 2 is 1.41 bits per heavy atom. The van der Waals surface area contributed by atoms with Gasteiger partial charge < -0.3 is 9.47 Å². The van der Waals surface area contributed by atoms with Gasteiger partial charge in [0.1, 0.15) is 11.5 Å². The number of benzene rings is 1. The molecule has 2 aromatic heterocycles. The molecule has 0 N–H and O–H groups in total. The van der Waals surface area contributed by atoms with E-state index in [2.05, 4.69) is 9.97 Å². The Morgan fingerprint density at radius 3 is 1.95 bits per heavy atom. The van der Waals surface area contributed by atoms with Crippen molar-refractivity contribution < 1.29 is 9.47 Å². The van der Waals surface area contributed by atoms with Gasteiger partial charge in [-0.2, -0.15) is 0 Å². The summed E-state index contributed by atoms with van der Waals surface area (Å²) in [5, 5.41) is 0. The van der Waals surface area contributed by atoms with E-state index < -0.39 is 0 Å². The van der Waals surface area contributed by atoms with Crippen molar-refractivity contribution in [3.05, 3.63) is 60.9 Å². The minimum Gasteiger partial charge on any atom is -0.496 e. The fourth-order valence-electron chi connectivity index (χ4n) is 2.42. The predicted octanol–water partition coefficient (Wildman–Crippen LogP) is 3.83. The van der Waals surface area contributed by atoms with Crippen molar-refractivity contribution in [1.29, 1.82) is 0 Å². The van der Waals surface area contributed by atoms with E-state index >= 15 is 0 Å². The molecule has 4 nitrogen and oxygen atoms in total. The van der Waals surface area contributed by atoms with Gasteiger partial charge in [-0.05, 0) is 36.4 Å². The predicted molar refractivity (Wildman–Crippen MR) is 86.0 cm³/mol. The highest BCUT2D eigenvalue weighted by molar-refractivity contribution is 5.84. The van der Waals surface area contributed by atoms with Gasteiger partial charge in [0.2, 0.25) is 0 Å². The van der Waals surface area contributed by atoms with Gasteiger partial charge >= 0.3 is 0 Å². The molecule has 0 fully saturated rings. The van der Waals surface area contributed by atoms with Gasteiger partial charge in [-0.3, -0.25) is 9.97 Å². The van der Waals surface area contributed by atoms with E-state index in [9.17, 15) is 0 Å². The second-order valence-corrected chi connectivity index (χ2v) is 4.65. The summed E-state index contributed by atoms with van der Waals surface area (Å²) in [5.74, 6) is 1.42. The third-order valence-electron chi connectivity index (χ3n) is 3.41. The summed E-state index contributed by atoms with van der Waals surface area (Å²) in [6.45, 7) is 0. The number of methoxy groups -OCH3 is 2. The average molecular weight is 292 g/mol. The third-order valence-corrected chi connectivity index (χ3v) is 3.41. The van der Waals surface area contributed by atoms with E-state index in [1.165, 1.54) is 0 Å². The molecule has 3 aromatic rings. The molecule has 0 spiro atoms. The van der Waals surface area contributed by atoms with Crippen LogP contribution in [0.3, 0.4) is 0 Å². The van der Waals surface area contributed by atoms with Gasteiger partial charge in [-0.25, -0.2) is 0 Å². The number of hydrogen-bond donors (Lipinski definition) is 0. The highest BCUT2D eigenvalue weighted by Gasteiger charge is 2.19. The zero-order valence-electron chi connectivity index (χ0n) is 12.5. The Kier molecular flexibility index (Phi) is 4.01. The summed E-state index contributed by atoms with van der Waals surface area (Å²) in [7, 11) is 3.29. The molecule has 0 aliphatic heterocycles. The fourth-order valence-corrected chi connectivity index (χ4v) is 2.42. The van der Waals surface area contributed by atoms with Gasteiger partial charge in [-0.15, -0.1) is 0 Å². The summed E-state index contributed by atoms with van der Waals surface area (Å²) in [4.78, 5) is 8.83. The van der Waals surface area contributed by atoms with Crippen molar-refractivity contribution in [1.82, 2.24) is 9.97 Å². The maximum atomic E-state index is 5.67. The number of ether oxygens (including phenoxy) is 2. The highest BCUT2D eigenvalue weighted by atomic mass is 16.5. The van der Waals surface area contributed by atoms with Crippen LogP contribution in [0, 0.1) is 0 Å². The van der Waals surface area contributed by atoms with Crippen LogP contribution in [0.25, 0.3) is 22.5 Å². The molecule has 0 saturated carbocycles. The highest BCUT2D eigenvalue weighted by Crippen LogP contribution is 2.43. The van der Waals surface area contributed by atoms with Crippen molar-refractivity contribution in [3.63, 3.8) is 0 Å². The Labute approximate surface area is 129 Å². The van der Waals surface area contributed by atoms with Crippen LogP contribution in [0.4, 0.5) is 0 Å². The fraction of sp³-hybridized carbons (Fsp3) is 0.111. The molecule has 0 aliphatic rings. The Morgan fingerprint density at radius 1 is 0.727 bits per heavy atom. The van der Waals surface area contributed by atoms with Gasteiger partial charge in [0.05, 0.1) is 31.2 Å². The lowest BCUT2D eigenvalue weighted by Gasteiger charge is -2.16. The van der Waals surface area contributed by atoms with Crippen molar-refractivity contribution >= 4 is 0 Å². The van der Waals surface area contributed by atoms with Crippen LogP contribution >= 0.6 is 0 Å². The van der Waals surface area contributed by atoms with Crippen molar-refractivity contribution in [3.8, 4) is 34.0 Å². The molecule has 1 aromatic carbocycles. The molecular weight excluding hydrogens is 276 g/mol. The van der Waals surface area contributed by atoms with Crippen LogP contribution in [-0.4, -0.2) is 24.2 Å². The van der Waals surface area contributed by atoms with E-state index in [-0.39, 0.29) is 0 Å². The first kappa shape index (κ1) is 14.1. The van der Waals surface area contributed by atoms with Crippen LogP contribution in [-0.2, 0) is 0 Å². The van der Waals surface area contributed by atoms with E-state index in [1.54, 1.807) is 26.6 Å². The van der Waals surface area contributed by atoms with Gasteiger partial charge in [0.25, 0.3) is 0 Å². The number of pyridine rings is 2. The molecule has 0 saturated heterocycles. The molecule has 0 aliphatic carbocycles. The van der Waals surface area contributed by atoms with E-state index in [1.807, 2.05) is 48.5 Å². The number of aromatic nitrogens is 2. The standard InChI is InChI=1S/C18H16N2O2/c1-21-16-10-9-13(14-7-3-5-11-19-14)18(22-2)17(16)15-8-4-6-12-20-15/h3-12H,1-2H3. The number of nitrogens with zero attached hydrogens (tertiary/aromatic N) is 2. The molecule has 0 atom stereocenters. The molecule has 0 radical (unpaired) electrons. The van der Waals surface area contributed by atoms with Crippen LogP contribution in [0.15, 0.2) is 60.9 Å². The quantitative estimate of drug-likeness (QED) is 0.733. The number of rotatable bonds is 4. The van der Waals surface area contributed by atoms with Crippen LogP contribution in [0.2, 0.25) is 0 Å². The zero-order chi connectivity index (χ0) is 15.4. The van der Waals surface area contributed by atoms with E-state index in [4.69, 9.17) is 9.47 Å². The molecule has 0 amide bonds. The zero-order valence-corrected chi connectivity index (χ0v) is 12.5. The maximum absolute atomic E-state index is 5.67. The topological polar surface area (TPSA) is 44.2 Å². The monoisotopic (exact) mass is 292 g/mol. The Hall–Kier alpha value is -2.88. The van der Waals surface area contributed by atoms with Gasteiger partial charge in [0.15, 0.2) is 0 Å². The minimum absolute atomic E-state index is 0.705. The first-order valence-electron chi connectivity index (χ1n) is 6.93. The maximum Gasteiger partial charge on any atom is 0.141 e. The second kappa shape index (κ2) is 6.26. The summed E-state index contributed by atoms with van der Waals surface area (Å²) in [6, 6.07) is 15.4. The van der Waals surface area contributed by atoms with E-state index in [0.29, 0.717) is 5.75 Å². The molecule has 110 valence electrons. The SMILES string of the molecule is COc1ccc(-c2ccccn2)c(OC)c1-c1ccccn1. The molecule has 22 heavy (non-hydrogen) atoms. The molecule has 0 bridgehead atoms. The molecule has 3 rings (SSSR count). The van der Waals surface area contributed by atoms with Crippen LogP contribution in [0.1, 0.15) is 0 Å². The van der Waals surface area contributed by atoms with Crippen molar-refractivity contribution in [2.24, 2.45) is 0 Å². The summed E-state index contributed by atoms with van der Waals surface area (Å²) in [6.07, 6.45) is 3.51. The smallest absolute Gasteiger partial charge is 0.141 e. The minimum atomic E-state index is 0.705. The summed E-state index contributed by atoms with van der Waals surface area (Å²) >= 11 is 0. The second-order valence-electron chi connectivity index (χ2n) is 4.65. The van der Waals surface area contributed by atoms with Crippen molar-refractivity contribution in [2.75, 3.05) is 14.2 Å². The molecule has 0 unspecified atom stereocenters. The van der Waals surface area contributed by atoms with Gasteiger partial charge in [0, 0.05) is 18.0 Å². The molecular formula is C18H16N2O2. The first-order chi connectivity index (χ1) is 10.8. The normalized spacial score (nSPS) is 10.3. The van der Waals surface area contributed by atoms with Crippen LogP contribution < -0.4 is 9.47 Å². The largest absolute Gasteiger partial charge is 0.496 e. The average Bonchev–Trinajstić information content (AvgIpc) is 2.61. The molecule has 4 heteroatoms. The first-order valence-corrected chi connectivity index (χ1v) is 6.93. The van der Waals surface area contributed by atoms with Gasteiger partial charge in [-0.1, -0.05) is 12.1 Å². The lowest BCUT2D eigenvalue weighted by molar-refractivity contribution is 0.398. The van der Waals surface area contributed by atoms with Crippen molar-refractivity contribution in [2.45, 2.75) is 0 Å². The Bertz CT molecular complexity index is 759. The van der Waals surface area contributed by atoms with Crippen LogP contribution in [0.5, 0.6) is 11.5 Å². The summed E-state index contributed by atoms with van der Waals surface area (Å²) < 4.78 is 11.2. The lowest BCUT2D eigenvalue weighted by Crippen LogP contribution is -1.97. The lowest BCUT2D eigenvalue weighted by atomic mass is 10.0. The molecule has 2 heterocycles. The third kappa shape index (κ3) is 2.51.